The molecule has 5 heteroatoms. The van der Waals surface area contributed by atoms with Gasteiger partial charge in [0, 0.05) is 0 Å². The highest BCUT2D eigenvalue weighted by Gasteiger charge is 2.22. The van der Waals surface area contributed by atoms with E-state index in [0.717, 1.165) is 0 Å². The average molecular weight is 431 g/mol. The first-order valence-corrected chi connectivity index (χ1v) is 10.5. The number of hydrogen-bond donors (Lipinski definition) is 5. The monoisotopic (exact) mass is 430 g/mol. The van der Waals surface area contributed by atoms with Crippen molar-refractivity contribution in [3.05, 3.63) is 84.9 Å². The first-order valence-electron chi connectivity index (χ1n) is 10.5. The molecule has 0 aliphatic rings. The molecule has 0 fully saturated rings. The van der Waals surface area contributed by atoms with Gasteiger partial charge in [-0.05, 0) is 67.4 Å². The summed E-state index contributed by atoms with van der Waals surface area (Å²) in [4.78, 5) is 0. The molecule has 0 heterocycles. The van der Waals surface area contributed by atoms with Crippen LogP contribution in [0.3, 0.4) is 0 Å². The van der Waals surface area contributed by atoms with Crippen LogP contribution in [0.15, 0.2) is 84.9 Å². The van der Waals surface area contributed by atoms with Crippen molar-refractivity contribution in [2.45, 2.75) is 18.3 Å². The molecule has 0 spiro atoms. The summed E-state index contributed by atoms with van der Waals surface area (Å²) in [6, 6.07) is 30.8. The van der Waals surface area contributed by atoms with E-state index in [1.165, 1.54) is 43.1 Å². The lowest BCUT2D eigenvalue weighted by Crippen LogP contribution is -2.41. The minimum absolute atomic E-state index is 0.641. The van der Waals surface area contributed by atoms with Crippen molar-refractivity contribution in [1.29, 1.82) is 0 Å². The van der Waals surface area contributed by atoms with Crippen molar-refractivity contribution >= 4 is 43.1 Å². The zero-order valence-electron chi connectivity index (χ0n) is 17.5. The van der Waals surface area contributed by atoms with E-state index in [4.69, 9.17) is 25.5 Å². The van der Waals surface area contributed by atoms with Gasteiger partial charge in [0.25, 0.3) is 0 Å². The molecule has 0 bridgehead atoms. The van der Waals surface area contributed by atoms with Gasteiger partial charge in [-0.3, -0.25) is 0 Å². The summed E-state index contributed by atoms with van der Waals surface area (Å²) in [7, 11) is 0. The molecule has 5 N–H and O–H groups in total. The molecule has 32 heavy (non-hydrogen) atoms. The summed E-state index contributed by atoms with van der Waals surface area (Å²) in [6.45, 7) is -1.28. The fourth-order valence-electron chi connectivity index (χ4n) is 3.91. The second-order valence-electron chi connectivity index (χ2n) is 7.90. The molecule has 0 aromatic heterocycles. The van der Waals surface area contributed by atoms with E-state index >= 15 is 0 Å². The third-order valence-electron chi connectivity index (χ3n) is 5.73. The third-order valence-corrected chi connectivity index (χ3v) is 5.73. The summed E-state index contributed by atoms with van der Waals surface area (Å²) in [5.74, 6) is 0. The number of fused-ring (bicyclic) bond motifs is 5. The van der Waals surface area contributed by atoms with Crippen LogP contribution in [0.2, 0.25) is 0 Å². The zero-order chi connectivity index (χ0) is 22.7. The first-order chi connectivity index (χ1) is 15.5. The lowest BCUT2D eigenvalue weighted by atomic mass is 9.96. The largest absolute Gasteiger partial charge is 0.394 e. The molecule has 5 aromatic rings. The maximum atomic E-state index is 8.77. The molecule has 0 radical (unpaired) electrons. The van der Waals surface area contributed by atoms with Gasteiger partial charge in [-0.1, -0.05) is 60.7 Å². The molecular weight excluding hydrogens is 404 g/mol. The maximum absolute atomic E-state index is 8.77. The van der Waals surface area contributed by atoms with E-state index in [0.29, 0.717) is 0 Å². The van der Waals surface area contributed by atoms with Crippen LogP contribution in [0.4, 0.5) is 0 Å². The fraction of sp³-hybridized carbons (Fsp3) is 0.185. The van der Waals surface area contributed by atoms with E-state index in [2.05, 4.69) is 84.9 Å². The standard InChI is InChI=1S/C22H14.C5H12O5/c1-3-7-17-13-21-19(11-15(17)5-1)9-10-20-12-16-6-2-4-8-18(16)14-22(20)21;6-1-3(8)5(10)4(9)2-7/h1-14H;3-10H,1-2H2. The SMILES string of the molecule is OCC(O)C(O)C(O)CO.c1ccc2cc3c(ccc4cc5ccccc5cc43)cc2c1. The average Bonchev–Trinajstić information content (AvgIpc) is 2.85. The van der Waals surface area contributed by atoms with Crippen LogP contribution < -0.4 is 0 Å². The zero-order valence-corrected chi connectivity index (χ0v) is 17.5. The molecule has 2 unspecified atom stereocenters. The molecule has 164 valence electrons. The summed E-state index contributed by atoms with van der Waals surface area (Å²) >= 11 is 0. The summed E-state index contributed by atoms with van der Waals surface area (Å²) in [6.07, 6.45) is -4.29. The van der Waals surface area contributed by atoms with Gasteiger partial charge in [0.2, 0.25) is 0 Å². The summed E-state index contributed by atoms with van der Waals surface area (Å²) < 4.78 is 0. The topological polar surface area (TPSA) is 101 Å². The predicted octanol–water partition coefficient (Wildman–Crippen LogP) is 3.35. The number of benzene rings is 5. The van der Waals surface area contributed by atoms with Crippen molar-refractivity contribution in [2.75, 3.05) is 13.2 Å². The van der Waals surface area contributed by atoms with Gasteiger partial charge in [-0.2, -0.15) is 0 Å². The van der Waals surface area contributed by atoms with Gasteiger partial charge >= 0.3 is 0 Å². The third kappa shape index (κ3) is 4.43. The number of aliphatic hydroxyl groups excluding tert-OH is 5. The van der Waals surface area contributed by atoms with Gasteiger partial charge in [-0.15, -0.1) is 0 Å². The number of hydrogen-bond acceptors (Lipinski definition) is 5. The highest BCUT2D eigenvalue weighted by Crippen LogP contribution is 2.32. The van der Waals surface area contributed by atoms with Crippen molar-refractivity contribution in [1.82, 2.24) is 0 Å². The first kappa shape index (κ1) is 22.1. The molecule has 2 atom stereocenters. The van der Waals surface area contributed by atoms with E-state index in [1.807, 2.05) is 0 Å². The second-order valence-corrected chi connectivity index (χ2v) is 7.90. The van der Waals surface area contributed by atoms with Gasteiger partial charge in [0.1, 0.15) is 18.3 Å². The van der Waals surface area contributed by atoms with E-state index in [1.54, 1.807) is 0 Å². The van der Waals surface area contributed by atoms with Crippen LogP contribution in [-0.2, 0) is 0 Å². The highest BCUT2D eigenvalue weighted by atomic mass is 16.4. The quantitative estimate of drug-likeness (QED) is 0.222. The lowest BCUT2D eigenvalue weighted by Gasteiger charge is -2.19. The molecule has 0 saturated heterocycles. The van der Waals surface area contributed by atoms with Crippen LogP contribution in [-0.4, -0.2) is 57.1 Å². The van der Waals surface area contributed by atoms with Gasteiger partial charge in [-0.25, -0.2) is 0 Å². The fourth-order valence-corrected chi connectivity index (χ4v) is 3.91. The molecule has 0 aliphatic carbocycles. The van der Waals surface area contributed by atoms with Crippen molar-refractivity contribution in [3.63, 3.8) is 0 Å². The Balaban J connectivity index is 0.000000211. The Hall–Kier alpha value is -3.06. The second kappa shape index (κ2) is 9.61. The Morgan fingerprint density at radius 1 is 0.469 bits per heavy atom. The van der Waals surface area contributed by atoms with E-state index < -0.39 is 31.5 Å². The highest BCUT2D eigenvalue weighted by molar-refractivity contribution is 6.15. The Morgan fingerprint density at radius 3 is 1.16 bits per heavy atom. The Kier molecular flexibility index (Phi) is 6.65. The number of rotatable bonds is 4. The Labute approximate surface area is 185 Å². The summed E-state index contributed by atoms with van der Waals surface area (Å²) in [5.41, 5.74) is 0. The van der Waals surface area contributed by atoms with Crippen molar-refractivity contribution < 1.29 is 25.5 Å². The minimum atomic E-state index is -1.49. The van der Waals surface area contributed by atoms with E-state index in [-0.39, 0.29) is 0 Å². The molecule has 0 aliphatic heterocycles. The van der Waals surface area contributed by atoms with Gasteiger partial charge in [0.05, 0.1) is 13.2 Å². The minimum Gasteiger partial charge on any atom is -0.394 e. The maximum Gasteiger partial charge on any atom is 0.110 e. The Morgan fingerprint density at radius 2 is 0.812 bits per heavy atom. The molecule has 5 nitrogen and oxygen atoms in total. The molecule has 5 rings (SSSR count). The van der Waals surface area contributed by atoms with Crippen LogP contribution >= 0.6 is 0 Å². The molecular formula is C27H26O5. The van der Waals surface area contributed by atoms with Crippen molar-refractivity contribution in [2.24, 2.45) is 0 Å². The molecule has 0 amide bonds. The van der Waals surface area contributed by atoms with Gasteiger partial charge < -0.3 is 25.5 Å². The smallest absolute Gasteiger partial charge is 0.110 e. The normalized spacial score (nSPS) is 14.3. The van der Waals surface area contributed by atoms with Crippen LogP contribution in [0, 0.1) is 0 Å². The number of aliphatic hydroxyl groups is 5. The Bertz CT molecular complexity index is 1260. The molecule has 5 aromatic carbocycles. The van der Waals surface area contributed by atoms with E-state index in [9.17, 15) is 0 Å². The van der Waals surface area contributed by atoms with Crippen LogP contribution in [0.25, 0.3) is 43.1 Å². The molecule has 0 saturated carbocycles. The lowest BCUT2D eigenvalue weighted by molar-refractivity contribution is -0.0900. The van der Waals surface area contributed by atoms with Crippen LogP contribution in [0.1, 0.15) is 0 Å². The summed E-state index contributed by atoms with van der Waals surface area (Å²) in [5, 5.41) is 53.1. The van der Waals surface area contributed by atoms with Crippen molar-refractivity contribution in [3.8, 4) is 0 Å². The predicted molar refractivity (Wildman–Crippen MR) is 129 cm³/mol. The van der Waals surface area contributed by atoms with Gasteiger partial charge in [0.15, 0.2) is 0 Å². The van der Waals surface area contributed by atoms with Crippen LogP contribution in [0.5, 0.6) is 0 Å².